The molecular formula is C47H52F2N8O11S2. The van der Waals surface area contributed by atoms with Gasteiger partial charge in [-0.15, -0.1) is 10.2 Å². The first-order valence-corrected chi connectivity index (χ1v) is 24.9. The number of sulfonamides is 1. The Labute approximate surface area is 405 Å². The number of amides is 6. The van der Waals surface area contributed by atoms with Crippen molar-refractivity contribution in [3.63, 3.8) is 0 Å². The zero-order valence-electron chi connectivity index (χ0n) is 38.4. The van der Waals surface area contributed by atoms with Crippen LogP contribution in [0.2, 0.25) is 0 Å². The first kappa shape index (κ1) is 52.5. The first-order chi connectivity index (χ1) is 33.4. The molecule has 0 saturated carbocycles. The maximum absolute atomic E-state index is 14.7. The number of carbonyl (C=O) groups is 8. The van der Waals surface area contributed by atoms with Gasteiger partial charge in [-0.2, -0.15) is 8.42 Å². The molecule has 5 atom stereocenters. The number of rotatable bonds is 23. The van der Waals surface area contributed by atoms with E-state index >= 15 is 0 Å². The predicted octanol–water partition coefficient (Wildman–Crippen LogP) is 3.93. The second-order valence-corrected chi connectivity index (χ2v) is 19.6. The number of ketones is 2. The molecule has 0 radical (unpaired) electrons. The number of Topliss-reactive ketones (excluding diaryl/α,β-unsaturated/α-hetero) is 1. The van der Waals surface area contributed by atoms with E-state index in [-0.39, 0.29) is 48.0 Å². The Bertz CT molecular complexity index is 2740. The molecule has 70 heavy (non-hydrogen) atoms. The van der Waals surface area contributed by atoms with Gasteiger partial charge in [0.25, 0.3) is 32.1 Å². The van der Waals surface area contributed by atoms with Crippen molar-refractivity contribution in [2.24, 2.45) is 5.92 Å². The van der Waals surface area contributed by atoms with Crippen molar-refractivity contribution in [2.75, 3.05) is 18.4 Å². The van der Waals surface area contributed by atoms with Crippen molar-refractivity contribution in [3.8, 4) is 11.1 Å². The van der Waals surface area contributed by atoms with Crippen LogP contribution in [-0.2, 0) is 50.1 Å². The van der Waals surface area contributed by atoms with Gasteiger partial charge in [0, 0.05) is 36.9 Å². The van der Waals surface area contributed by atoms with Gasteiger partial charge in [0.15, 0.2) is 5.78 Å². The van der Waals surface area contributed by atoms with Gasteiger partial charge in [0.2, 0.25) is 35.1 Å². The van der Waals surface area contributed by atoms with Crippen molar-refractivity contribution < 1.29 is 60.3 Å². The topological polar surface area (TPSA) is 269 Å². The molecular weight excluding hydrogens is 955 g/mol. The Morgan fingerprint density at radius 2 is 1.57 bits per heavy atom. The van der Waals surface area contributed by atoms with Crippen LogP contribution in [0.3, 0.4) is 0 Å². The molecule has 0 bridgehead atoms. The molecule has 4 aromatic rings. The summed E-state index contributed by atoms with van der Waals surface area (Å²) < 4.78 is 60.6. The second-order valence-electron chi connectivity index (χ2n) is 16.7. The van der Waals surface area contributed by atoms with Crippen LogP contribution in [0.25, 0.3) is 11.1 Å². The molecule has 6 rings (SSSR count). The highest BCUT2D eigenvalue weighted by Crippen LogP contribution is 2.38. The maximum Gasteiger partial charge on any atom is 0.293 e. The Morgan fingerprint density at radius 1 is 0.871 bits per heavy atom. The third kappa shape index (κ3) is 12.9. The zero-order chi connectivity index (χ0) is 50.7. The summed E-state index contributed by atoms with van der Waals surface area (Å²) in [6.45, 7) is 4.14. The fraction of sp³-hybridized carbons (Fsp3) is 0.404. The standard InChI is InChI=1S/C47H52F2N8O11S2/c1-4-6-8-20-36(58)52-46-54-55-47(69-46)70(66,67)56-37(59)23-50-44(64)41(61)33(22-35(48)49)51-43(63)34-21-28(68-25-27-14-9-7-10-15-27)24-57(34)45(65)39(26(3)5-2)53-42(62)32-19-13-18-30-29-16-11-12-17-31(29)40(60)38(30)32/h7,9-19,26,28,33-35,39H,4-6,8,20-25H2,1-3H3,(H,50,64)(H,51,63)(H,53,62)(H,56,59)(H,52,54,58)/t26-,28-,33+,34+,39+/m1/s1. The van der Waals surface area contributed by atoms with Gasteiger partial charge in [0.1, 0.15) is 18.1 Å². The quantitative estimate of drug-likeness (QED) is 0.0353. The molecule has 23 heteroatoms. The number of unbranched alkanes of at least 4 members (excludes halogenated alkanes) is 2. The van der Waals surface area contributed by atoms with Crippen LogP contribution < -0.4 is 26.0 Å². The van der Waals surface area contributed by atoms with Crippen molar-refractivity contribution >= 4 is 73.5 Å². The van der Waals surface area contributed by atoms with Crippen molar-refractivity contribution in [1.82, 2.24) is 35.8 Å². The minimum atomic E-state index is -4.69. The minimum Gasteiger partial charge on any atom is -0.372 e. The summed E-state index contributed by atoms with van der Waals surface area (Å²) in [4.78, 5) is 109. The average molecular weight is 1010 g/mol. The molecule has 0 unspecified atom stereocenters. The zero-order valence-corrected chi connectivity index (χ0v) is 40.0. The van der Waals surface area contributed by atoms with E-state index in [1.165, 1.54) is 6.07 Å². The number of alkyl halides is 2. The lowest BCUT2D eigenvalue weighted by Gasteiger charge is -2.32. The van der Waals surface area contributed by atoms with Gasteiger partial charge in [-0.05, 0) is 35.1 Å². The number of hydrogen-bond acceptors (Lipinski definition) is 14. The molecule has 1 aromatic heterocycles. The smallest absolute Gasteiger partial charge is 0.293 e. The van der Waals surface area contributed by atoms with Gasteiger partial charge >= 0.3 is 0 Å². The van der Waals surface area contributed by atoms with E-state index in [9.17, 15) is 55.6 Å². The number of benzene rings is 3. The Hall–Kier alpha value is -6.85. The minimum absolute atomic E-state index is 0.0239. The number of hydrogen-bond donors (Lipinski definition) is 5. The molecule has 5 N–H and O–H groups in total. The van der Waals surface area contributed by atoms with E-state index in [1.807, 2.05) is 12.2 Å². The maximum atomic E-state index is 14.7. The van der Waals surface area contributed by atoms with Gasteiger partial charge in [-0.25, -0.2) is 13.5 Å². The van der Waals surface area contributed by atoms with Crippen LogP contribution in [0, 0.1) is 5.92 Å². The summed E-state index contributed by atoms with van der Waals surface area (Å²) >= 11 is 0.443. The number of likely N-dealkylation sites (tertiary alicyclic amines) is 1. The van der Waals surface area contributed by atoms with Gasteiger partial charge in [-0.3, -0.25) is 38.4 Å². The van der Waals surface area contributed by atoms with Gasteiger partial charge in [0.05, 0.1) is 24.8 Å². The van der Waals surface area contributed by atoms with Crippen molar-refractivity contribution in [1.29, 1.82) is 0 Å². The molecule has 3 aromatic carbocycles. The van der Waals surface area contributed by atoms with Crippen molar-refractivity contribution in [2.45, 2.75) is 107 Å². The van der Waals surface area contributed by atoms with Crippen LogP contribution in [0.15, 0.2) is 77.1 Å². The molecule has 372 valence electrons. The Morgan fingerprint density at radius 3 is 2.27 bits per heavy atom. The highest BCUT2D eigenvalue weighted by atomic mass is 32.2. The fourth-order valence-corrected chi connectivity index (χ4v) is 9.84. The number of ether oxygens (including phenoxy) is 1. The number of nitrogens with zero attached hydrogens (tertiary/aromatic N) is 3. The summed E-state index contributed by atoms with van der Waals surface area (Å²) in [5.41, 5.74) is 2.56. The Balaban J connectivity index is 1.15. The average Bonchev–Trinajstić information content (AvgIpc) is 4.08. The Kier molecular flexibility index (Phi) is 17.7. The molecule has 0 spiro atoms. The van der Waals surface area contributed by atoms with Gasteiger partial charge in [-0.1, -0.05) is 118 Å². The predicted molar refractivity (Wildman–Crippen MR) is 250 cm³/mol. The first-order valence-electron chi connectivity index (χ1n) is 22.6. The lowest BCUT2D eigenvalue weighted by molar-refractivity contribution is -0.143. The number of nitrogens with one attached hydrogen (secondary N) is 5. The van der Waals surface area contributed by atoms with E-state index in [2.05, 4.69) is 26.1 Å². The SMILES string of the molecule is CCCCCC(=O)Nc1nnc(S(=O)(=O)NC(=O)CNC(=O)C(=O)[C@H](CC(F)F)NC(=O)[C@@H]2C[C@@H](OCc3ccccc3)CN2C(=O)[C@@H](NC(=O)c2cccc3c2C(=O)c2ccccc2-3)[C@H](C)CC)s1. The van der Waals surface area contributed by atoms with Crippen molar-refractivity contribution in [3.05, 3.63) is 95.1 Å². The number of fused-ring (bicyclic) bond motifs is 3. The lowest BCUT2D eigenvalue weighted by Crippen LogP contribution is -2.58. The van der Waals surface area contributed by atoms with E-state index in [4.69, 9.17) is 4.74 Å². The number of anilines is 1. The molecule has 1 fully saturated rings. The summed E-state index contributed by atoms with van der Waals surface area (Å²) in [7, 11) is -4.69. The highest BCUT2D eigenvalue weighted by Gasteiger charge is 2.45. The largest absolute Gasteiger partial charge is 0.372 e. The molecule has 1 aliphatic carbocycles. The number of aromatic nitrogens is 2. The van der Waals surface area contributed by atoms with Crippen LogP contribution >= 0.6 is 11.3 Å². The number of halogens is 2. The highest BCUT2D eigenvalue weighted by molar-refractivity contribution is 7.92. The van der Waals surface area contributed by atoms with Gasteiger partial charge < -0.3 is 30.9 Å². The summed E-state index contributed by atoms with van der Waals surface area (Å²) in [5.74, 6) is -8.54. The third-order valence-electron chi connectivity index (χ3n) is 11.8. The molecule has 2 heterocycles. The molecule has 19 nitrogen and oxygen atoms in total. The number of carbonyl (C=O) groups excluding carboxylic acids is 8. The van der Waals surface area contributed by atoms with Crippen LogP contribution in [0.4, 0.5) is 13.9 Å². The van der Waals surface area contributed by atoms with E-state index in [1.54, 1.807) is 85.3 Å². The lowest BCUT2D eigenvalue weighted by atomic mass is 9.95. The monoisotopic (exact) mass is 1010 g/mol. The third-order valence-corrected chi connectivity index (χ3v) is 14.3. The molecule has 2 aliphatic rings. The summed E-state index contributed by atoms with van der Waals surface area (Å²) in [6.07, 6.45) is -2.83. The second kappa shape index (κ2) is 23.6. The summed E-state index contributed by atoms with van der Waals surface area (Å²) in [6, 6.07) is 15.7. The molecule has 1 aliphatic heterocycles. The fourth-order valence-electron chi connectivity index (χ4n) is 7.94. The van der Waals surface area contributed by atoms with Crippen LogP contribution in [-0.4, -0.2) is 114 Å². The van der Waals surface area contributed by atoms with E-state index < -0.39 is 105 Å². The molecule has 6 amide bonds. The molecule has 1 saturated heterocycles. The van der Waals surface area contributed by atoms with E-state index in [0.29, 0.717) is 40.9 Å². The van der Waals surface area contributed by atoms with Crippen LogP contribution in [0.1, 0.15) is 97.6 Å². The van der Waals surface area contributed by atoms with E-state index in [0.717, 1.165) is 23.3 Å². The normalized spacial score (nSPS) is 16.4. The van der Waals surface area contributed by atoms with Crippen LogP contribution in [0.5, 0.6) is 0 Å². The summed E-state index contributed by atoms with van der Waals surface area (Å²) in [5, 5.41) is 16.1.